The Morgan fingerprint density at radius 2 is 1.93 bits per heavy atom. The quantitative estimate of drug-likeness (QED) is 0.677. The maximum atomic E-state index is 11.1. The molecule has 0 radical (unpaired) electrons. The number of aliphatic carboxylic acids is 1. The minimum Gasteiger partial charge on any atom is -0.481 e. The Morgan fingerprint density at radius 1 is 1.36 bits per heavy atom. The number of hydrogen-bond donors (Lipinski definition) is 2. The van der Waals surface area contributed by atoms with Gasteiger partial charge in [-0.3, -0.25) is 4.79 Å². The van der Waals surface area contributed by atoms with Crippen molar-refractivity contribution < 1.29 is 9.90 Å². The van der Waals surface area contributed by atoms with Crippen LogP contribution in [0.4, 0.5) is 0 Å². The van der Waals surface area contributed by atoms with Crippen LogP contribution in [0, 0.1) is 17.3 Å². The molecule has 0 bridgehead atoms. The minimum atomic E-state index is -0.680. The average molecular weight is 199 g/mol. The third-order valence-electron chi connectivity index (χ3n) is 3.32. The predicted octanol–water partition coefficient (Wildman–Crippen LogP) is 1.86. The summed E-state index contributed by atoms with van der Waals surface area (Å²) in [6.45, 7) is 6.35. The Hall–Kier alpha value is -0.570. The summed E-state index contributed by atoms with van der Waals surface area (Å²) < 4.78 is 0. The van der Waals surface area contributed by atoms with E-state index in [9.17, 15) is 4.79 Å². The van der Waals surface area contributed by atoms with Gasteiger partial charge in [-0.15, -0.1) is 0 Å². The summed E-state index contributed by atoms with van der Waals surface area (Å²) in [5.74, 6) is -0.668. The fourth-order valence-corrected chi connectivity index (χ4v) is 2.51. The van der Waals surface area contributed by atoms with Gasteiger partial charge < -0.3 is 10.8 Å². The first-order chi connectivity index (χ1) is 6.32. The Morgan fingerprint density at radius 3 is 2.36 bits per heavy atom. The second kappa shape index (κ2) is 3.89. The molecule has 0 aromatic heterocycles. The van der Waals surface area contributed by atoms with Gasteiger partial charge in [-0.25, -0.2) is 0 Å². The van der Waals surface area contributed by atoms with Crippen molar-refractivity contribution in [2.45, 2.75) is 46.1 Å². The maximum Gasteiger partial charge on any atom is 0.306 e. The van der Waals surface area contributed by atoms with Crippen LogP contribution >= 0.6 is 0 Å². The van der Waals surface area contributed by atoms with E-state index in [0.717, 1.165) is 12.8 Å². The summed E-state index contributed by atoms with van der Waals surface area (Å²) in [6.07, 6.45) is 2.55. The molecule has 0 aromatic carbocycles. The Bertz CT molecular complexity index is 220. The van der Waals surface area contributed by atoms with Gasteiger partial charge in [0.05, 0.1) is 5.92 Å². The molecule has 0 amide bonds. The van der Waals surface area contributed by atoms with Crippen LogP contribution in [-0.2, 0) is 4.79 Å². The highest BCUT2D eigenvalue weighted by Gasteiger charge is 2.40. The zero-order chi connectivity index (χ0) is 10.9. The van der Waals surface area contributed by atoms with E-state index in [0.29, 0.717) is 6.42 Å². The summed E-state index contributed by atoms with van der Waals surface area (Å²) in [5.41, 5.74) is 5.88. The van der Waals surface area contributed by atoms with Gasteiger partial charge in [0.1, 0.15) is 0 Å². The second-order valence-corrected chi connectivity index (χ2v) is 5.49. The molecule has 0 aliphatic heterocycles. The molecule has 0 aromatic rings. The zero-order valence-corrected chi connectivity index (χ0v) is 9.29. The molecule has 82 valence electrons. The molecular weight excluding hydrogens is 178 g/mol. The molecule has 1 saturated carbocycles. The molecule has 0 spiro atoms. The summed E-state index contributed by atoms with van der Waals surface area (Å²) in [6, 6.07) is 0.0784. The van der Waals surface area contributed by atoms with E-state index in [1.807, 2.05) is 0 Å². The molecule has 14 heavy (non-hydrogen) atoms. The van der Waals surface area contributed by atoms with Gasteiger partial charge in [0, 0.05) is 6.04 Å². The van der Waals surface area contributed by atoms with E-state index in [1.165, 1.54) is 0 Å². The molecule has 1 rings (SSSR count). The first-order valence-corrected chi connectivity index (χ1v) is 5.30. The molecule has 0 heterocycles. The summed E-state index contributed by atoms with van der Waals surface area (Å²) in [4.78, 5) is 11.1. The molecule has 3 heteroatoms. The lowest BCUT2D eigenvalue weighted by atomic mass is 9.65. The Kier molecular flexibility index (Phi) is 3.20. The van der Waals surface area contributed by atoms with Gasteiger partial charge in [0.25, 0.3) is 0 Å². The number of nitrogens with two attached hydrogens (primary N) is 1. The first kappa shape index (κ1) is 11.5. The van der Waals surface area contributed by atoms with E-state index in [-0.39, 0.29) is 23.3 Å². The molecule has 1 aliphatic rings. The fourth-order valence-electron chi connectivity index (χ4n) is 2.51. The van der Waals surface area contributed by atoms with Crippen LogP contribution in [0.25, 0.3) is 0 Å². The molecule has 1 fully saturated rings. The predicted molar refractivity (Wildman–Crippen MR) is 55.9 cm³/mol. The maximum absolute atomic E-state index is 11.1. The monoisotopic (exact) mass is 199 g/mol. The fraction of sp³-hybridized carbons (Fsp3) is 0.909. The zero-order valence-electron chi connectivity index (χ0n) is 9.29. The molecule has 1 aliphatic carbocycles. The lowest BCUT2D eigenvalue weighted by Gasteiger charge is -2.40. The van der Waals surface area contributed by atoms with Crippen molar-refractivity contribution in [3.63, 3.8) is 0 Å². The van der Waals surface area contributed by atoms with Crippen molar-refractivity contribution in [1.82, 2.24) is 0 Å². The van der Waals surface area contributed by atoms with Crippen LogP contribution in [0.3, 0.4) is 0 Å². The van der Waals surface area contributed by atoms with Crippen molar-refractivity contribution >= 4 is 5.97 Å². The van der Waals surface area contributed by atoms with Crippen LogP contribution in [0.1, 0.15) is 40.0 Å². The smallest absolute Gasteiger partial charge is 0.306 e. The largest absolute Gasteiger partial charge is 0.481 e. The van der Waals surface area contributed by atoms with Crippen molar-refractivity contribution in [3.05, 3.63) is 0 Å². The van der Waals surface area contributed by atoms with Crippen molar-refractivity contribution in [1.29, 1.82) is 0 Å². The van der Waals surface area contributed by atoms with E-state index in [1.54, 1.807) is 0 Å². The molecular formula is C11H21NO2. The standard InChI is InChI=1S/C11H21NO2/c1-11(2,3)9-5-4-7(12)6-8(9)10(13)14/h7-9H,4-6,12H2,1-3H3,(H,13,14). The van der Waals surface area contributed by atoms with Gasteiger partial charge in [0.2, 0.25) is 0 Å². The van der Waals surface area contributed by atoms with Crippen molar-refractivity contribution in [2.24, 2.45) is 23.0 Å². The first-order valence-electron chi connectivity index (χ1n) is 5.30. The third-order valence-corrected chi connectivity index (χ3v) is 3.32. The van der Waals surface area contributed by atoms with Crippen LogP contribution < -0.4 is 5.73 Å². The topological polar surface area (TPSA) is 63.3 Å². The number of carboxylic acid groups (broad SMARTS) is 1. The van der Waals surface area contributed by atoms with Crippen LogP contribution in [0.2, 0.25) is 0 Å². The molecule has 0 saturated heterocycles. The minimum absolute atomic E-state index is 0.0726. The highest BCUT2D eigenvalue weighted by molar-refractivity contribution is 5.70. The lowest BCUT2D eigenvalue weighted by Crippen LogP contribution is -2.42. The number of carbonyl (C=O) groups is 1. The van der Waals surface area contributed by atoms with Crippen LogP contribution in [0.5, 0.6) is 0 Å². The van der Waals surface area contributed by atoms with Gasteiger partial charge in [0.15, 0.2) is 0 Å². The van der Waals surface area contributed by atoms with E-state index < -0.39 is 5.97 Å². The van der Waals surface area contributed by atoms with E-state index in [4.69, 9.17) is 10.8 Å². The van der Waals surface area contributed by atoms with Gasteiger partial charge in [-0.2, -0.15) is 0 Å². The van der Waals surface area contributed by atoms with E-state index >= 15 is 0 Å². The molecule has 3 atom stereocenters. The Labute approximate surface area is 85.7 Å². The van der Waals surface area contributed by atoms with Crippen molar-refractivity contribution in [3.8, 4) is 0 Å². The number of hydrogen-bond acceptors (Lipinski definition) is 2. The molecule has 3 unspecified atom stereocenters. The van der Waals surface area contributed by atoms with Crippen LogP contribution in [-0.4, -0.2) is 17.1 Å². The van der Waals surface area contributed by atoms with E-state index in [2.05, 4.69) is 20.8 Å². The number of carboxylic acids is 1. The molecule has 3 nitrogen and oxygen atoms in total. The lowest BCUT2D eigenvalue weighted by molar-refractivity contribution is -0.147. The summed E-state index contributed by atoms with van der Waals surface area (Å²) in [7, 11) is 0. The van der Waals surface area contributed by atoms with Gasteiger partial charge >= 0.3 is 5.97 Å². The Balaban J connectivity index is 2.78. The number of rotatable bonds is 1. The highest BCUT2D eigenvalue weighted by atomic mass is 16.4. The summed E-state index contributed by atoms with van der Waals surface area (Å²) in [5, 5.41) is 9.13. The summed E-state index contributed by atoms with van der Waals surface area (Å²) >= 11 is 0. The average Bonchev–Trinajstić information content (AvgIpc) is 2.01. The SMILES string of the molecule is CC(C)(C)C1CCC(N)CC1C(=O)O. The highest BCUT2D eigenvalue weighted by Crippen LogP contribution is 2.41. The third kappa shape index (κ3) is 2.47. The molecule has 3 N–H and O–H groups in total. The van der Waals surface area contributed by atoms with Gasteiger partial charge in [-0.05, 0) is 30.6 Å². The van der Waals surface area contributed by atoms with Crippen molar-refractivity contribution in [2.75, 3.05) is 0 Å². The normalized spacial score (nSPS) is 34.1. The van der Waals surface area contributed by atoms with Gasteiger partial charge in [-0.1, -0.05) is 20.8 Å². The van der Waals surface area contributed by atoms with Crippen LogP contribution in [0.15, 0.2) is 0 Å². The second-order valence-electron chi connectivity index (χ2n) is 5.49.